The van der Waals surface area contributed by atoms with Crippen molar-refractivity contribution in [3.8, 4) is 0 Å². The van der Waals surface area contributed by atoms with Crippen LogP contribution in [-0.2, 0) is 15.3 Å². The van der Waals surface area contributed by atoms with Crippen LogP contribution in [0.4, 0.5) is 0 Å². The zero-order valence-corrected chi connectivity index (χ0v) is 10.7. The van der Waals surface area contributed by atoms with Crippen molar-refractivity contribution in [3.05, 3.63) is 35.4 Å². The van der Waals surface area contributed by atoms with Crippen LogP contribution in [0.2, 0.25) is 6.04 Å². The highest BCUT2D eigenvalue weighted by Crippen LogP contribution is 2.09. The van der Waals surface area contributed by atoms with E-state index in [1.807, 2.05) is 0 Å². The topological polar surface area (TPSA) is 18.5 Å². The monoisotopic (exact) mass is 223 g/mol. The molecule has 0 aliphatic rings. The minimum atomic E-state index is -1.00. The summed E-state index contributed by atoms with van der Waals surface area (Å²) in [6.07, 6.45) is 2.25. The first kappa shape index (κ1) is 12.4. The van der Waals surface area contributed by atoms with Crippen LogP contribution >= 0.6 is 0 Å². The lowest BCUT2D eigenvalue weighted by molar-refractivity contribution is 0.276. The van der Waals surface area contributed by atoms with Gasteiger partial charge in [0.05, 0.1) is 0 Å². The van der Waals surface area contributed by atoms with Crippen molar-refractivity contribution in [2.75, 3.05) is 14.2 Å². The third-order valence-electron chi connectivity index (χ3n) is 2.42. The predicted molar refractivity (Wildman–Crippen MR) is 64.1 cm³/mol. The molecular formula is C12H19O2Si. The molecule has 0 saturated carbocycles. The third-order valence-corrected chi connectivity index (χ3v) is 4.09. The highest BCUT2D eigenvalue weighted by Gasteiger charge is 2.10. The van der Waals surface area contributed by atoms with Crippen molar-refractivity contribution in [3.63, 3.8) is 0 Å². The average Bonchev–Trinajstić information content (AvgIpc) is 2.27. The Morgan fingerprint density at radius 1 is 1.07 bits per heavy atom. The Hall–Kier alpha value is -0.643. The largest absolute Gasteiger partial charge is 0.397 e. The minimum absolute atomic E-state index is 1.00. The molecular weight excluding hydrogens is 204 g/mol. The van der Waals surface area contributed by atoms with Gasteiger partial charge in [-0.2, -0.15) is 0 Å². The number of aryl methyl sites for hydroxylation is 2. The fourth-order valence-corrected chi connectivity index (χ4v) is 2.52. The van der Waals surface area contributed by atoms with E-state index in [0.29, 0.717) is 0 Å². The van der Waals surface area contributed by atoms with Gasteiger partial charge in [0.15, 0.2) is 0 Å². The quantitative estimate of drug-likeness (QED) is 0.690. The van der Waals surface area contributed by atoms with Gasteiger partial charge in [-0.1, -0.05) is 29.8 Å². The molecule has 83 valence electrons. The summed E-state index contributed by atoms with van der Waals surface area (Å²) < 4.78 is 10.5. The zero-order chi connectivity index (χ0) is 11.1. The lowest BCUT2D eigenvalue weighted by Gasteiger charge is -2.08. The van der Waals surface area contributed by atoms with E-state index in [-0.39, 0.29) is 0 Å². The summed E-state index contributed by atoms with van der Waals surface area (Å²) in [5, 5.41) is 0. The smallest absolute Gasteiger partial charge is 0.384 e. The van der Waals surface area contributed by atoms with Crippen molar-refractivity contribution in [2.45, 2.75) is 25.8 Å². The second-order valence-corrected chi connectivity index (χ2v) is 5.68. The lowest BCUT2D eigenvalue weighted by Crippen LogP contribution is -2.18. The molecule has 0 unspecified atom stereocenters. The van der Waals surface area contributed by atoms with Gasteiger partial charge in [-0.05, 0) is 31.4 Å². The highest BCUT2D eigenvalue weighted by atomic mass is 28.3. The van der Waals surface area contributed by atoms with Gasteiger partial charge in [0.2, 0.25) is 0 Å². The molecule has 0 spiro atoms. The molecule has 1 radical (unpaired) electrons. The molecule has 0 aliphatic heterocycles. The second kappa shape index (κ2) is 6.77. The number of rotatable bonds is 6. The summed E-state index contributed by atoms with van der Waals surface area (Å²) in [5.41, 5.74) is 2.71. The van der Waals surface area contributed by atoms with Crippen molar-refractivity contribution < 1.29 is 8.85 Å². The molecule has 1 aromatic carbocycles. The molecule has 0 amide bonds. The van der Waals surface area contributed by atoms with Crippen LogP contribution in [-0.4, -0.2) is 23.5 Å². The van der Waals surface area contributed by atoms with Gasteiger partial charge >= 0.3 is 9.28 Å². The van der Waals surface area contributed by atoms with Gasteiger partial charge in [0, 0.05) is 14.2 Å². The van der Waals surface area contributed by atoms with Gasteiger partial charge in [-0.25, -0.2) is 0 Å². The Kier molecular flexibility index (Phi) is 5.61. The molecule has 0 heterocycles. The number of hydrogen-bond donors (Lipinski definition) is 0. The first-order valence-electron chi connectivity index (χ1n) is 5.25. The van der Waals surface area contributed by atoms with Crippen molar-refractivity contribution in [1.82, 2.24) is 0 Å². The predicted octanol–water partition coefficient (Wildman–Crippen LogP) is 2.71. The van der Waals surface area contributed by atoms with Crippen LogP contribution < -0.4 is 0 Å². The molecule has 0 fully saturated rings. The molecule has 1 aromatic rings. The Labute approximate surface area is 94.1 Å². The molecule has 0 aromatic heterocycles. The molecule has 0 saturated heterocycles. The Balaban J connectivity index is 2.28. The van der Waals surface area contributed by atoms with Crippen LogP contribution in [0, 0.1) is 6.92 Å². The first-order chi connectivity index (χ1) is 7.26. The lowest BCUT2D eigenvalue weighted by atomic mass is 10.1. The molecule has 2 nitrogen and oxygen atoms in total. The maximum Gasteiger partial charge on any atom is 0.384 e. The molecule has 0 bridgehead atoms. The normalized spacial score (nSPS) is 10.9. The van der Waals surface area contributed by atoms with E-state index < -0.39 is 9.28 Å². The van der Waals surface area contributed by atoms with Gasteiger partial charge in [0.1, 0.15) is 0 Å². The van der Waals surface area contributed by atoms with E-state index >= 15 is 0 Å². The van der Waals surface area contributed by atoms with E-state index in [1.165, 1.54) is 11.1 Å². The molecule has 3 heteroatoms. The third kappa shape index (κ3) is 4.60. The fraction of sp³-hybridized carbons (Fsp3) is 0.500. The van der Waals surface area contributed by atoms with E-state index in [4.69, 9.17) is 8.85 Å². The summed E-state index contributed by atoms with van der Waals surface area (Å²) >= 11 is 0. The van der Waals surface area contributed by atoms with E-state index in [1.54, 1.807) is 14.2 Å². The summed E-state index contributed by atoms with van der Waals surface area (Å²) in [6.45, 7) is 2.11. The maximum absolute atomic E-state index is 5.24. The maximum atomic E-state index is 5.24. The van der Waals surface area contributed by atoms with Gasteiger partial charge in [-0.3, -0.25) is 0 Å². The first-order valence-corrected chi connectivity index (χ1v) is 6.78. The Morgan fingerprint density at radius 2 is 1.67 bits per heavy atom. The van der Waals surface area contributed by atoms with Crippen LogP contribution in [0.5, 0.6) is 0 Å². The van der Waals surface area contributed by atoms with E-state index in [0.717, 1.165) is 18.9 Å². The molecule has 0 aliphatic carbocycles. The SMILES string of the molecule is CO[Si](CCCc1ccc(C)cc1)OC. The van der Waals surface area contributed by atoms with E-state index in [2.05, 4.69) is 31.2 Å². The highest BCUT2D eigenvalue weighted by molar-refractivity contribution is 6.44. The molecule has 0 atom stereocenters. The zero-order valence-electron chi connectivity index (χ0n) is 9.75. The molecule has 1 rings (SSSR count). The van der Waals surface area contributed by atoms with Gasteiger partial charge < -0.3 is 8.85 Å². The molecule has 15 heavy (non-hydrogen) atoms. The van der Waals surface area contributed by atoms with Crippen molar-refractivity contribution in [2.24, 2.45) is 0 Å². The van der Waals surface area contributed by atoms with Crippen molar-refractivity contribution in [1.29, 1.82) is 0 Å². The van der Waals surface area contributed by atoms with Crippen LogP contribution in [0.25, 0.3) is 0 Å². The summed E-state index contributed by atoms with van der Waals surface area (Å²) in [7, 11) is 2.45. The van der Waals surface area contributed by atoms with Gasteiger partial charge in [0.25, 0.3) is 0 Å². The standard InChI is InChI=1S/C12H19O2Si/c1-11-6-8-12(9-7-11)5-4-10-15(13-2)14-3/h6-9H,4-5,10H2,1-3H3. The van der Waals surface area contributed by atoms with E-state index in [9.17, 15) is 0 Å². The van der Waals surface area contributed by atoms with Crippen LogP contribution in [0.15, 0.2) is 24.3 Å². The van der Waals surface area contributed by atoms with Crippen molar-refractivity contribution >= 4 is 9.28 Å². The van der Waals surface area contributed by atoms with Gasteiger partial charge in [-0.15, -0.1) is 0 Å². The summed E-state index contributed by atoms with van der Waals surface area (Å²) in [5.74, 6) is 0. The molecule has 0 N–H and O–H groups in total. The number of hydrogen-bond acceptors (Lipinski definition) is 2. The van der Waals surface area contributed by atoms with Crippen LogP contribution in [0.1, 0.15) is 17.5 Å². The summed E-state index contributed by atoms with van der Waals surface area (Å²) in [4.78, 5) is 0. The summed E-state index contributed by atoms with van der Waals surface area (Å²) in [6, 6.07) is 9.76. The Morgan fingerprint density at radius 3 is 2.20 bits per heavy atom. The Bertz CT molecular complexity index is 267. The second-order valence-electron chi connectivity index (χ2n) is 3.62. The average molecular weight is 223 g/mol. The number of benzene rings is 1. The minimum Gasteiger partial charge on any atom is -0.397 e. The fourth-order valence-electron chi connectivity index (χ4n) is 1.48. The van der Waals surface area contributed by atoms with Crippen LogP contribution in [0.3, 0.4) is 0 Å².